The van der Waals surface area contributed by atoms with Gasteiger partial charge in [-0.1, -0.05) is 12.1 Å². The Hall–Kier alpha value is -1.14. The molecule has 0 amide bonds. The molecule has 19 heavy (non-hydrogen) atoms. The third-order valence-electron chi connectivity index (χ3n) is 3.56. The number of imidazole rings is 1. The van der Waals surface area contributed by atoms with Crippen LogP contribution in [0.3, 0.4) is 0 Å². The van der Waals surface area contributed by atoms with E-state index in [-0.39, 0.29) is 0 Å². The summed E-state index contributed by atoms with van der Waals surface area (Å²) in [7, 11) is -3.15. The molecule has 0 radical (unpaired) electrons. The maximum Gasteiger partial charge on any atom is 0.178 e. The van der Waals surface area contributed by atoms with Crippen molar-refractivity contribution in [2.45, 2.75) is 32.1 Å². The van der Waals surface area contributed by atoms with Gasteiger partial charge in [0.05, 0.1) is 15.8 Å². The fourth-order valence-electron chi connectivity index (χ4n) is 1.98. The van der Waals surface area contributed by atoms with Gasteiger partial charge in [-0.2, -0.15) is 0 Å². The lowest BCUT2D eigenvalue weighted by Crippen LogP contribution is -2.35. The van der Waals surface area contributed by atoms with Gasteiger partial charge in [0.15, 0.2) is 14.6 Å². The zero-order valence-electron chi connectivity index (χ0n) is 11.5. The molecule has 104 valence electrons. The number of aromatic nitrogens is 2. The van der Waals surface area contributed by atoms with Crippen molar-refractivity contribution in [1.29, 1.82) is 0 Å². The predicted octanol–water partition coefficient (Wildman–Crippen LogP) is 2.83. The lowest BCUT2D eigenvalue weighted by atomic mass is 10.2. The third kappa shape index (κ3) is 2.47. The molecule has 0 aliphatic carbocycles. The fourth-order valence-corrected chi connectivity index (χ4v) is 2.61. The standard InChI is InChI=1S/C13H18N2O2S2/c1-9-6-5-7-10-11(9)14-12(18)15(10)8-13(2,3)19(4,16)17/h5-7H,8H2,1-4H3,(H,14,18). The highest BCUT2D eigenvalue weighted by atomic mass is 32.2. The summed E-state index contributed by atoms with van der Waals surface area (Å²) in [6, 6.07) is 5.90. The van der Waals surface area contributed by atoms with Crippen LogP contribution in [0, 0.1) is 11.7 Å². The van der Waals surface area contributed by atoms with Crippen molar-refractivity contribution in [3.05, 3.63) is 28.5 Å². The summed E-state index contributed by atoms with van der Waals surface area (Å²) in [6.07, 6.45) is 1.26. The number of aryl methyl sites for hydroxylation is 1. The van der Waals surface area contributed by atoms with Crippen molar-refractivity contribution in [3.8, 4) is 0 Å². The average molecular weight is 298 g/mol. The van der Waals surface area contributed by atoms with Crippen LogP contribution in [0.5, 0.6) is 0 Å². The fraction of sp³-hybridized carbons (Fsp3) is 0.462. The van der Waals surface area contributed by atoms with Gasteiger partial charge in [-0.05, 0) is 44.6 Å². The Bertz CT molecular complexity index is 783. The van der Waals surface area contributed by atoms with E-state index in [1.807, 2.05) is 29.7 Å². The van der Waals surface area contributed by atoms with Gasteiger partial charge < -0.3 is 9.55 Å². The number of nitrogens with zero attached hydrogens (tertiary/aromatic N) is 1. The molecule has 0 fully saturated rings. The van der Waals surface area contributed by atoms with Crippen molar-refractivity contribution in [1.82, 2.24) is 9.55 Å². The highest BCUT2D eigenvalue weighted by molar-refractivity contribution is 7.92. The normalized spacial score (nSPS) is 13.1. The first-order valence-corrected chi connectivity index (χ1v) is 8.31. The summed E-state index contributed by atoms with van der Waals surface area (Å²) < 4.78 is 25.2. The van der Waals surface area contributed by atoms with Gasteiger partial charge in [0.25, 0.3) is 0 Å². The lowest BCUT2D eigenvalue weighted by molar-refractivity contribution is 0.506. The van der Waals surface area contributed by atoms with Crippen molar-refractivity contribution in [2.24, 2.45) is 0 Å². The van der Waals surface area contributed by atoms with Crippen LogP contribution < -0.4 is 0 Å². The number of para-hydroxylation sites is 1. The Morgan fingerprint density at radius 3 is 2.58 bits per heavy atom. The molecule has 0 saturated carbocycles. The molecule has 0 aliphatic heterocycles. The molecular formula is C13H18N2O2S2. The first-order valence-electron chi connectivity index (χ1n) is 6.01. The first-order chi connectivity index (χ1) is 8.63. The molecule has 0 aliphatic rings. The van der Waals surface area contributed by atoms with Gasteiger partial charge in [-0.3, -0.25) is 0 Å². The van der Waals surface area contributed by atoms with E-state index in [1.165, 1.54) is 6.26 Å². The van der Waals surface area contributed by atoms with Crippen molar-refractivity contribution in [2.75, 3.05) is 6.26 Å². The van der Waals surface area contributed by atoms with Gasteiger partial charge in [0.1, 0.15) is 0 Å². The molecule has 1 aromatic carbocycles. The molecule has 0 unspecified atom stereocenters. The molecule has 2 aromatic rings. The average Bonchev–Trinajstić information content (AvgIpc) is 2.56. The monoisotopic (exact) mass is 298 g/mol. The summed E-state index contributed by atoms with van der Waals surface area (Å²) in [5.74, 6) is 0. The minimum atomic E-state index is -3.15. The van der Waals surface area contributed by atoms with E-state index < -0.39 is 14.6 Å². The minimum Gasteiger partial charge on any atom is -0.330 e. The van der Waals surface area contributed by atoms with Crippen LogP contribution in [0.1, 0.15) is 19.4 Å². The van der Waals surface area contributed by atoms with E-state index in [2.05, 4.69) is 4.98 Å². The number of hydrogen-bond acceptors (Lipinski definition) is 3. The van der Waals surface area contributed by atoms with Crippen molar-refractivity contribution in [3.63, 3.8) is 0 Å². The van der Waals surface area contributed by atoms with Gasteiger partial charge in [0.2, 0.25) is 0 Å². The molecular weight excluding hydrogens is 280 g/mol. The molecule has 2 rings (SSSR count). The van der Waals surface area contributed by atoms with Gasteiger partial charge >= 0.3 is 0 Å². The summed E-state index contributed by atoms with van der Waals surface area (Å²) in [4.78, 5) is 3.15. The molecule has 1 heterocycles. The molecule has 0 spiro atoms. The van der Waals surface area contributed by atoms with Crippen LogP contribution in [0.2, 0.25) is 0 Å². The van der Waals surface area contributed by atoms with Crippen LogP contribution in [0.25, 0.3) is 11.0 Å². The van der Waals surface area contributed by atoms with E-state index in [0.717, 1.165) is 16.6 Å². The number of sulfone groups is 1. The largest absolute Gasteiger partial charge is 0.330 e. The lowest BCUT2D eigenvalue weighted by Gasteiger charge is -2.23. The Kier molecular flexibility index (Phi) is 3.35. The van der Waals surface area contributed by atoms with E-state index in [1.54, 1.807) is 13.8 Å². The zero-order valence-corrected chi connectivity index (χ0v) is 13.2. The Morgan fingerprint density at radius 2 is 2.00 bits per heavy atom. The summed E-state index contributed by atoms with van der Waals surface area (Å²) >= 11 is 5.32. The highest BCUT2D eigenvalue weighted by Gasteiger charge is 2.31. The van der Waals surface area contributed by atoms with Crippen LogP contribution in [-0.2, 0) is 16.4 Å². The number of benzene rings is 1. The number of fused-ring (bicyclic) bond motifs is 1. The Labute approximate surface area is 118 Å². The van der Waals surface area contributed by atoms with Crippen LogP contribution in [-0.4, -0.2) is 29.0 Å². The first kappa shape index (κ1) is 14.3. The Morgan fingerprint density at radius 1 is 1.37 bits per heavy atom. The molecule has 0 saturated heterocycles. The second kappa shape index (κ2) is 4.45. The number of nitrogens with one attached hydrogen (secondary N) is 1. The van der Waals surface area contributed by atoms with E-state index in [9.17, 15) is 8.42 Å². The molecule has 6 heteroatoms. The number of H-pyrrole nitrogens is 1. The molecule has 0 atom stereocenters. The number of hydrogen-bond donors (Lipinski definition) is 1. The maximum atomic E-state index is 11.8. The van der Waals surface area contributed by atoms with Gasteiger partial charge in [0, 0.05) is 12.8 Å². The third-order valence-corrected chi connectivity index (χ3v) is 6.02. The van der Waals surface area contributed by atoms with E-state index in [4.69, 9.17) is 12.2 Å². The zero-order chi connectivity index (χ0) is 14.4. The van der Waals surface area contributed by atoms with Gasteiger partial charge in [-0.15, -0.1) is 0 Å². The quantitative estimate of drug-likeness (QED) is 0.887. The van der Waals surface area contributed by atoms with Crippen molar-refractivity contribution < 1.29 is 8.42 Å². The summed E-state index contributed by atoms with van der Waals surface area (Å²) in [5, 5.41) is 0. The van der Waals surface area contributed by atoms with E-state index >= 15 is 0 Å². The SMILES string of the molecule is Cc1cccc2c1[nH]c(=S)n2CC(C)(C)S(C)(=O)=O. The molecule has 0 bridgehead atoms. The second-order valence-corrected chi connectivity index (χ2v) is 8.55. The summed E-state index contributed by atoms with van der Waals surface area (Å²) in [6.45, 7) is 5.78. The second-order valence-electron chi connectivity index (χ2n) is 5.52. The maximum absolute atomic E-state index is 11.8. The smallest absolute Gasteiger partial charge is 0.178 e. The number of aromatic amines is 1. The van der Waals surface area contributed by atoms with Crippen LogP contribution in [0.15, 0.2) is 18.2 Å². The van der Waals surface area contributed by atoms with Crippen molar-refractivity contribution >= 4 is 33.1 Å². The molecule has 1 N–H and O–H groups in total. The van der Waals surface area contributed by atoms with Crippen LogP contribution in [0.4, 0.5) is 0 Å². The molecule has 1 aromatic heterocycles. The van der Waals surface area contributed by atoms with E-state index in [0.29, 0.717) is 11.3 Å². The number of rotatable bonds is 3. The van der Waals surface area contributed by atoms with Gasteiger partial charge in [-0.25, -0.2) is 8.42 Å². The Balaban J connectivity index is 2.62. The predicted molar refractivity (Wildman–Crippen MR) is 80.8 cm³/mol. The van der Waals surface area contributed by atoms with Crippen LogP contribution >= 0.6 is 12.2 Å². The minimum absolute atomic E-state index is 0.341. The highest BCUT2D eigenvalue weighted by Crippen LogP contribution is 2.23. The topological polar surface area (TPSA) is 54.9 Å². The summed E-state index contributed by atoms with van der Waals surface area (Å²) in [5.41, 5.74) is 3.01. The molecule has 4 nitrogen and oxygen atoms in total.